The van der Waals surface area contributed by atoms with Gasteiger partial charge in [0.05, 0.1) is 16.3 Å². The number of rotatable bonds is 3. The highest BCUT2D eigenvalue weighted by Crippen LogP contribution is 2.28. The maximum atomic E-state index is 12.2. The monoisotopic (exact) mass is 287 g/mol. The molecule has 2 aliphatic heterocycles. The number of thioether (sulfide) groups is 1. The lowest BCUT2D eigenvalue weighted by molar-refractivity contribution is -0.132. The summed E-state index contributed by atoms with van der Waals surface area (Å²) in [7, 11) is 0. The van der Waals surface area contributed by atoms with Crippen LogP contribution in [0.1, 0.15) is 19.8 Å². The molecule has 0 radical (unpaired) electrons. The average molecular weight is 287 g/mol. The molecule has 0 saturated carbocycles. The fourth-order valence-electron chi connectivity index (χ4n) is 2.49. The van der Waals surface area contributed by atoms with Crippen molar-refractivity contribution in [3.8, 4) is 0 Å². The van der Waals surface area contributed by atoms with Gasteiger partial charge in [0.2, 0.25) is 5.91 Å². The van der Waals surface area contributed by atoms with Crippen LogP contribution in [0.4, 0.5) is 0 Å². The van der Waals surface area contributed by atoms with Crippen LogP contribution >= 0.6 is 24.0 Å². The van der Waals surface area contributed by atoms with Crippen molar-refractivity contribution >= 4 is 34.9 Å². The van der Waals surface area contributed by atoms with Gasteiger partial charge in [0.25, 0.3) is 0 Å². The van der Waals surface area contributed by atoms with E-state index < -0.39 is 0 Å². The van der Waals surface area contributed by atoms with Gasteiger partial charge in [0.15, 0.2) is 0 Å². The number of carbonyl (C=O) groups excluding carboxylic acids is 1. The summed E-state index contributed by atoms with van der Waals surface area (Å²) in [6.07, 6.45) is 2.23. The van der Waals surface area contributed by atoms with E-state index in [0.29, 0.717) is 10.9 Å². The highest BCUT2D eigenvalue weighted by atomic mass is 32.2. The van der Waals surface area contributed by atoms with Crippen molar-refractivity contribution < 1.29 is 4.79 Å². The molecule has 2 heterocycles. The predicted octanol–water partition coefficient (Wildman–Crippen LogP) is 0.701. The van der Waals surface area contributed by atoms with E-state index in [0.717, 1.165) is 38.4 Å². The van der Waals surface area contributed by atoms with Gasteiger partial charge >= 0.3 is 0 Å². The first-order valence-electron chi connectivity index (χ1n) is 6.53. The van der Waals surface area contributed by atoms with Crippen molar-refractivity contribution in [3.05, 3.63) is 0 Å². The number of thiocarbonyl (C=S) groups is 1. The Hall–Kier alpha value is -0.330. The first-order chi connectivity index (χ1) is 8.59. The summed E-state index contributed by atoms with van der Waals surface area (Å²) in [5.74, 6) is 1.47. The second-order valence-corrected chi connectivity index (χ2v) is 6.72. The lowest BCUT2D eigenvalue weighted by Gasteiger charge is -2.38. The summed E-state index contributed by atoms with van der Waals surface area (Å²) >= 11 is 6.83. The number of piperazine rings is 1. The first-order valence-corrected chi connectivity index (χ1v) is 7.99. The van der Waals surface area contributed by atoms with E-state index in [4.69, 9.17) is 18.0 Å². The molecule has 4 nitrogen and oxygen atoms in total. The van der Waals surface area contributed by atoms with Crippen LogP contribution in [-0.2, 0) is 4.79 Å². The van der Waals surface area contributed by atoms with E-state index in [1.807, 2.05) is 23.6 Å². The fraction of sp³-hybridized carbons (Fsp3) is 0.833. The quantitative estimate of drug-likeness (QED) is 0.775. The molecule has 0 aromatic carbocycles. The Labute approximate surface area is 118 Å². The molecule has 6 heteroatoms. The van der Waals surface area contributed by atoms with Gasteiger partial charge in [-0.1, -0.05) is 12.2 Å². The normalized spacial score (nSPS) is 27.2. The highest BCUT2D eigenvalue weighted by molar-refractivity contribution is 8.00. The third kappa shape index (κ3) is 3.16. The largest absolute Gasteiger partial charge is 0.392 e. The van der Waals surface area contributed by atoms with Gasteiger partial charge in [0.1, 0.15) is 0 Å². The zero-order valence-electron chi connectivity index (χ0n) is 10.8. The molecule has 2 unspecified atom stereocenters. The smallest absolute Gasteiger partial charge is 0.235 e. The molecule has 0 aliphatic carbocycles. The first kappa shape index (κ1) is 14.1. The Balaban J connectivity index is 1.82. The molecular formula is C12H21N3OS2. The van der Waals surface area contributed by atoms with Crippen LogP contribution in [0.25, 0.3) is 0 Å². The molecule has 0 bridgehead atoms. The van der Waals surface area contributed by atoms with E-state index in [2.05, 4.69) is 4.90 Å². The Morgan fingerprint density at radius 1 is 1.39 bits per heavy atom. The van der Waals surface area contributed by atoms with E-state index in [-0.39, 0.29) is 11.3 Å². The summed E-state index contributed by atoms with van der Waals surface area (Å²) < 4.78 is 0. The van der Waals surface area contributed by atoms with Gasteiger partial charge in [0, 0.05) is 26.2 Å². The predicted molar refractivity (Wildman–Crippen MR) is 79.9 cm³/mol. The van der Waals surface area contributed by atoms with E-state index >= 15 is 0 Å². The van der Waals surface area contributed by atoms with Crippen LogP contribution in [0, 0.1) is 0 Å². The molecule has 1 amide bonds. The number of hydrogen-bond acceptors (Lipinski definition) is 4. The summed E-state index contributed by atoms with van der Waals surface area (Å²) in [5.41, 5.74) is 5.67. The van der Waals surface area contributed by atoms with Gasteiger partial charge in [-0.25, -0.2) is 0 Å². The number of nitrogens with zero attached hydrogens (tertiary/aromatic N) is 2. The summed E-state index contributed by atoms with van der Waals surface area (Å²) in [6.45, 7) is 5.40. The third-order valence-corrected chi connectivity index (χ3v) is 5.50. The molecule has 2 aliphatic rings. The molecule has 102 valence electrons. The molecule has 18 heavy (non-hydrogen) atoms. The van der Waals surface area contributed by atoms with Crippen molar-refractivity contribution in [1.82, 2.24) is 9.80 Å². The zero-order valence-corrected chi connectivity index (χ0v) is 12.4. The van der Waals surface area contributed by atoms with Gasteiger partial charge < -0.3 is 10.6 Å². The minimum absolute atomic E-state index is 0.137. The second-order valence-electron chi connectivity index (χ2n) is 4.94. The lowest BCUT2D eigenvalue weighted by atomic mass is 10.2. The maximum absolute atomic E-state index is 12.2. The molecule has 2 rings (SSSR count). The molecule has 0 spiro atoms. The van der Waals surface area contributed by atoms with Crippen molar-refractivity contribution in [2.45, 2.75) is 31.1 Å². The van der Waals surface area contributed by atoms with Gasteiger partial charge in [-0.2, -0.15) is 0 Å². The van der Waals surface area contributed by atoms with E-state index in [1.54, 1.807) is 0 Å². The molecule has 0 aromatic heterocycles. The van der Waals surface area contributed by atoms with Crippen LogP contribution in [0.2, 0.25) is 0 Å². The maximum Gasteiger partial charge on any atom is 0.235 e. The molecule has 0 aromatic rings. The van der Waals surface area contributed by atoms with Gasteiger partial charge in [-0.15, -0.1) is 11.8 Å². The molecule has 2 atom stereocenters. The third-order valence-electron chi connectivity index (χ3n) is 3.79. The lowest BCUT2D eigenvalue weighted by Crippen LogP contribution is -2.55. The Bertz CT molecular complexity index is 323. The Morgan fingerprint density at radius 2 is 2.06 bits per heavy atom. The molecule has 2 N–H and O–H groups in total. The average Bonchev–Trinajstić information content (AvgIpc) is 2.91. The topological polar surface area (TPSA) is 49.6 Å². The minimum Gasteiger partial charge on any atom is -0.392 e. The van der Waals surface area contributed by atoms with E-state index in [1.165, 1.54) is 6.42 Å². The number of amides is 1. The zero-order chi connectivity index (χ0) is 13.1. The van der Waals surface area contributed by atoms with Crippen LogP contribution < -0.4 is 5.73 Å². The molecule has 2 saturated heterocycles. The number of nitrogens with two attached hydrogens (primary N) is 1. The summed E-state index contributed by atoms with van der Waals surface area (Å²) in [5, 5.41) is 0.213. The van der Waals surface area contributed by atoms with Crippen LogP contribution in [0.5, 0.6) is 0 Å². The van der Waals surface area contributed by atoms with Crippen LogP contribution in [-0.4, -0.2) is 63.9 Å². The van der Waals surface area contributed by atoms with Crippen LogP contribution in [0.15, 0.2) is 0 Å². The summed E-state index contributed by atoms with van der Waals surface area (Å²) in [4.78, 5) is 17.1. The fourth-order valence-corrected chi connectivity index (χ4v) is 3.88. The summed E-state index contributed by atoms with van der Waals surface area (Å²) in [6, 6.07) is 0.137. The van der Waals surface area contributed by atoms with Gasteiger partial charge in [-0.3, -0.25) is 9.69 Å². The standard InChI is InChI=1S/C12H21N3OS2/c1-9(11(13)17)14-4-6-15(7-5-14)12(16)10-3-2-8-18-10/h9-10H,2-8H2,1H3,(H2,13,17). The highest BCUT2D eigenvalue weighted by Gasteiger charge is 2.31. The minimum atomic E-state index is 0.137. The number of hydrogen-bond donors (Lipinski definition) is 1. The SMILES string of the molecule is CC(C(N)=S)N1CCN(C(=O)C2CCCS2)CC1. The van der Waals surface area contributed by atoms with Gasteiger partial charge in [-0.05, 0) is 25.5 Å². The Kier molecular flexibility index (Phi) is 4.86. The van der Waals surface area contributed by atoms with Crippen molar-refractivity contribution in [3.63, 3.8) is 0 Å². The Morgan fingerprint density at radius 3 is 2.56 bits per heavy atom. The van der Waals surface area contributed by atoms with E-state index in [9.17, 15) is 4.79 Å². The van der Waals surface area contributed by atoms with Crippen molar-refractivity contribution in [2.24, 2.45) is 5.73 Å². The molecule has 2 fully saturated rings. The van der Waals surface area contributed by atoms with Crippen LogP contribution in [0.3, 0.4) is 0 Å². The van der Waals surface area contributed by atoms with Crippen molar-refractivity contribution in [2.75, 3.05) is 31.9 Å². The van der Waals surface area contributed by atoms with Crippen molar-refractivity contribution in [1.29, 1.82) is 0 Å². The molecular weight excluding hydrogens is 266 g/mol. The second kappa shape index (κ2) is 6.21. The number of carbonyl (C=O) groups is 1.